The molecule has 19 heavy (non-hydrogen) atoms. The zero-order valence-corrected chi connectivity index (χ0v) is 12.1. The van der Waals surface area contributed by atoms with Gasteiger partial charge in [0.25, 0.3) is 0 Å². The van der Waals surface area contributed by atoms with Gasteiger partial charge in [-0.3, -0.25) is 14.5 Å². The van der Waals surface area contributed by atoms with E-state index in [2.05, 4.69) is 4.90 Å². The molecule has 0 bridgehead atoms. The molecule has 0 saturated carbocycles. The van der Waals surface area contributed by atoms with Crippen LogP contribution in [0.25, 0.3) is 0 Å². The highest BCUT2D eigenvalue weighted by Gasteiger charge is 2.22. The van der Waals surface area contributed by atoms with Crippen LogP contribution in [0, 0.1) is 0 Å². The minimum absolute atomic E-state index is 0.0916. The van der Waals surface area contributed by atoms with Gasteiger partial charge in [-0.05, 0) is 13.3 Å². The standard InChI is InChI=1S/C13H25N3O3/c1-11(17)4-5-12(18)16-8-6-15(7-9-16)10-13(19)14(2)3/h11,17H,4-10H2,1-3H3. The lowest BCUT2D eigenvalue weighted by Gasteiger charge is -2.34. The number of amides is 2. The van der Waals surface area contributed by atoms with Gasteiger partial charge in [0, 0.05) is 46.7 Å². The van der Waals surface area contributed by atoms with Gasteiger partial charge in [0.1, 0.15) is 0 Å². The van der Waals surface area contributed by atoms with Crippen molar-refractivity contribution in [2.45, 2.75) is 25.9 Å². The van der Waals surface area contributed by atoms with Crippen molar-refractivity contribution in [2.24, 2.45) is 0 Å². The molecule has 2 amide bonds. The molecule has 110 valence electrons. The maximum absolute atomic E-state index is 11.9. The van der Waals surface area contributed by atoms with Crippen LogP contribution < -0.4 is 0 Å². The van der Waals surface area contributed by atoms with Crippen molar-refractivity contribution >= 4 is 11.8 Å². The van der Waals surface area contributed by atoms with Gasteiger partial charge >= 0.3 is 0 Å². The summed E-state index contributed by atoms with van der Waals surface area (Å²) in [6.45, 7) is 4.92. The summed E-state index contributed by atoms with van der Waals surface area (Å²) >= 11 is 0. The van der Waals surface area contributed by atoms with Crippen molar-refractivity contribution in [3.8, 4) is 0 Å². The van der Waals surface area contributed by atoms with E-state index in [0.717, 1.165) is 13.1 Å². The van der Waals surface area contributed by atoms with Gasteiger partial charge in [0.15, 0.2) is 0 Å². The maximum atomic E-state index is 11.9. The SMILES string of the molecule is CC(O)CCC(=O)N1CCN(CC(=O)N(C)C)CC1. The molecule has 0 radical (unpaired) electrons. The summed E-state index contributed by atoms with van der Waals surface area (Å²) in [7, 11) is 3.50. The smallest absolute Gasteiger partial charge is 0.236 e. The quantitative estimate of drug-likeness (QED) is 0.724. The fraction of sp³-hybridized carbons (Fsp3) is 0.846. The Labute approximate surface area is 115 Å². The highest BCUT2D eigenvalue weighted by molar-refractivity contribution is 5.78. The Hall–Kier alpha value is -1.14. The molecule has 0 aromatic heterocycles. The third kappa shape index (κ3) is 5.57. The van der Waals surface area contributed by atoms with Crippen molar-refractivity contribution in [1.82, 2.24) is 14.7 Å². The van der Waals surface area contributed by atoms with E-state index in [1.165, 1.54) is 0 Å². The number of nitrogens with zero attached hydrogens (tertiary/aromatic N) is 3. The fourth-order valence-corrected chi connectivity index (χ4v) is 1.98. The largest absolute Gasteiger partial charge is 0.393 e. The Bertz CT molecular complexity index is 310. The maximum Gasteiger partial charge on any atom is 0.236 e. The number of piperazine rings is 1. The predicted octanol–water partition coefficient (Wildman–Crippen LogP) is -0.620. The second-order valence-electron chi connectivity index (χ2n) is 5.33. The third-order valence-corrected chi connectivity index (χ3v) is 3.36. The molecule has 1 aliphatic heterocycles. The average Bonchev–Trinajstić information content (AvgIpc) is 2.36. The lowest BCUT2D eigenvalue weighted by molar-refractivity contribution is -0.134. The van der Waals surface area contributed by atoms with Gasteiger partial charge in [-0.1, -0.05) is 0 Å². The molecule has 6 nitrogen and oxygen atoms in total. The number of aliphatic hydroxyl groups excluding tert-OH is 1. The molecule has 1 aliphatic rings. The van der Waals surface area contributed by atoms with Crippen LogP contribution in [0.1, 0.15) is 19.8 Å². The predicted molar refractivity (Wildman–Crippen MR) is 72.6 cm³/mol. The highest BCUT2D eigenvalue weighted by Crippen LogP contribution is 2.06. The molecule has 0 aliphatic carbocycles. The first-order valence-electron chi connectivity index (χ1n) is 6.78. The lowest BCUT2D eigenvalue weighted by atomic mass is 10.2. The van der Waals surface area contributed by atoms with Crippen LogP contribution in [0.5, 0.6) is 0 Å². The van der Waals surface area contributed by atoms with E-state index in [1.54, 1.807) is 25.9 Å². The van der Waals surface area contributed by atoms with Crippen LogP contribution in [0.15, 0.2) is 0 Å². The Kier molecular flexibility index (Phi) is 6.24. The minimum atomic E-state index is -0.428. The molecule has 0 aromatic rings. The molecule has 1 saturated heterocycles. The van der Waals surface area contributed by atoms with Crippen LogP contribution in [0.3, 0.4) is 0 Å². The van der Waals surface area contributed by atoms with Crippen LogP contribution in [0.2, 0.25) is 0 Å². The van der Waals surface area contributed by atoms with Crippen LogP contribution in [0.4, 0.5) is 0 Å². The number of likely N-dealkylation sites (N-methyl/N-ethyl adjacent to an activating group) is 1. The topological polar surface area (TPSA) is 64.1 Å². The van der Waals surface area contributed by atoms with Gasteiger partial charge in [-0.25, -0.2) is 0 Å². The molecular formula is C13H25N3O3. The normalized spacial score (nSPS) is 18.2. The molecule has 0 aromatic carbocycles. The van der Waals surface area contributed by atoms with Crippen molar-refractivity contribution in [2.75, 3.05) is 46.8 Å². The van der Waals surface area contributed by atoms with E-state index in [0.29, 0.717) is 32.5 Å². The Morgan fingerprint density at radius 1 is 1.21 bits per heavy atom. The van der Waals surface area contributed by atoms with Crippen molar-refractivity contribution < 1.29 is 14.7 Å². The first kappa shape index (κ1) is 15.9. The van der Waals surface area contributed by atoms with E-state index >= 15 is 0 Å². The molecule has 1 unspecified atom stereocenters. The van der Waals surface area contributed by atoms with E-state index in [4.69, 9.17) is 0 Å². The van der Waals surface area contributed by atoms with Crippen LogP contribution >= 0.6 is 0 Å². The molecule has 6 heteroatoms. The molecule has 0 spiro atoms. The summed E-state index contributed by atoms with van der Waals surface area (Å²) in [5.41, 5.74) is 0. The number of hydrogen-bond donors (Lipinski definition) is 1. The molecule has 1 fully saturated rings. The van der Waals surface area contributed by atoms with Gasteiger partial charge in [0.2, 0.25) is 11.8 Å². The van der Waals surface area contributed by atoms with E-state index in [1.807, 2.05) is 4.90 Å². The first-order chi connectivity index (χ1) is 8.90. The average molecular weight is 271 g/mol. The fourth-order valence-electron chi connectivity index (χ4n) is 1.98. The summed E-state index contributed by atoms with van der Waals surface area (Å²) in [6, 6.07) is 0. The highest BCUT2D eigenvalue weighted by atomic mass is 16.3. The second kappa shape index (κ2) is 7.45. The lowest BCUT2D eigenvalue weighted by Crippen LogP contribution is -2.51. The monoisotopic (exact) mass is 271 g/mol. The van der Waals surface area contributed by atoms with Crippen LogP contribution in [-0.4, -0.2) is 84.5 Å². The summed E-state index contributed by atoms with van der Waals surface area (Å²) in [5.74, 6) is 0.188. The molecular weight excluding hydrogens is 246 g/mol. The Morgan fingerprint density at radius 3 is 2.26 bits per heavy atom. The minimum Gasteiger partial charge on any atom is -0.393 e. The summed E-state index contributed by atoms with van der Waals surface area (Å²) < 4.78 is 0. The second-order valence-corrected chi connectivity index (χ2v) is 5.33. The van der Waals surface area contributed by atoms with Crippen molar-refractivity contribution in [1.29, 1.82) is 0 Å². The summed E-state index contributed by atoms with van der Waals surface area (Å²) in [4.78, 5) is 28.9. The molecule has 1 heterocycles. The van der Waals surface area contributed by atoms with Crippen LogP contribution in [-0.2, 0) is 9.59 Å². The third-order valence-electron chi connectivity index (χ3n) is 3.36. The zero-order valence-electron chi connectivity index (χ0n) is 12.1. The summed E-state index contributed by atoms with van der Waals surface area (Å²) in [6.07, 6.45) is 0.481. The van der Waals surface area contributed by atoms with Gasteiger partial charge < -0.3 is 14.9 Å². The molecule has 1 N–H and O–H groups in total. The van der Waals surface area contributed by atoms with E-state index in [9.17, 15) is 14.7 Å². The molecule has 1 atom stereocenters. The Morgan fingerprint density at radius 2 is 1.79 bits per heavy atom. The number of carbonyl (C=O) groups excluding carboxylic acids is 2. The van der Waals surface area contributed by atoms with E-state index in [-0.39, 0.29) is 11.8 Å². The number of hydrogen-bond acceptors (Lipinski definition) is 4. The zero-order chi connectivity index (χ0) is 14.4. The number of rotatable bonds is 5. The molecule has 1 rings (SSSR count). The van der Waals surface area contributed by atoms with Gasteiger partial charge in [-0.2, -0.15) is 0 Å². The van der Waals surface area contributed by atoms with Crippen molar-refractivity contribution in [3.05, 3.63) is 0 Å². The van der Waals surface area contributed by atoms with Crippen molar-refractivity contribution in [3.63, 3.8) is 0 Å². The Balaban J connectivity index is 2.28. The number of aliphatic hydroxyl groups is 1. The van der Waals surface area contributed by atoms with Gasteiger partial charge in [0.05, 0.1) is 12.6 Å². The van der Waals surface area contributed by atoms with Gasteiger partial charge in [-0.15, -0.1) is 0 Å². The summed E-state index contributed by atoms with van der Waals surface area (Å²) in [5, 5.41) is 9.17. The first-order valence-corrected chi connectivity index (χ1v) is 6.78. The van der Waals surface area contributed by atoms with E-state index < -0.39 is 6.10 Å². The number of carbonyl (C=O) groups is 2.